The third-order valence-electron chi connectivity index (χ3n) is 2.58. The molecule has 0 heterocycles. The molecule has 5 nitrogen and oxygen atoms in total. The molecule has 114 valence electrons. The average Bonchev–Trinajstić information content (AvgIpc) is 2.39. The maximum atomic E-state index is 13.0. The second-order valence-corrected chi connectivity index (χ2v) is 5.15. The lowest BCUT2D eigenvalue weighted by atomic mass is 10.2. The van der Waals surface area contributed by atoms with Gasteiger partial charge in [0.25, 0.3) is 0 Å². The Balaban J connectivity index is 2.17. The normalized spacial score (nSPS) is 10.1. The summed E-state index contributed by atoms with van der Waals surface area (Å²) in [5.74, 6) is -2.91. The Hall–Kier alpha value is -2.48. The standard InChI is InChI=1S/C14H9BrF2N2O3/c15-7-1-2-12(11(3-7)13(20)21)19-14(22)18-10-5-8(16)4-9(17)6-10/h1-6H,(H,20,21)(H2,18,19,22). The first-order valence-electron chi connectivity index (χ1n) is 5.92. The lowest BCUT2D eigenvalue weighted by Gasteiger charge is -2.10. The topological polar surface area (TPSA) is 78.4 Å². The fraction of sp³-hybridized carbons (Fsp3) is 0. The van der Waals surface area contributed by atoms with Crippen LogP contribution in [0.1, 0.15) is 10.4 Å². The van der Waals surface area contributed by atoms with Crippen LogP contribution in [0.25, 0.3) is 0 Å². The van der Waals surface area contributed by atoms with E-state index in [0.29, 0.717) is 10.5 Å². The summed E-state index contributed by atoms with van der Waals surface area (Å²) in [6.07, 6.45) is 0. The fourth-order valence-corrected chi connectivity index (χ4v) is 2.07. The number of anilines is 2. The Morgan fingerprint density at radius 3 is 2.23 bits per heavy atom. The number of benzene rings is 2. The molecule has 0 atom stereocenters. The van der Waals surface area contributed by atoms with Crippen molar-refractivity contribution in [2.24, 2.45) is 0 Å². The van der Waals surface area contributed by atoms with Crippen LogP contribution in [0.2, 0.25) is 0 Å². The molecule has 0 saturated carbocycles. The summed E-state index contributed by atoms with van der Waals surface area (Å²) in [7, 11) is 0. The summed E-state index contributed by atoms with van der Waals surface area (Å²) in [6, 6.07) is 5.96. The van der Waals surface area contributed by atoms with Crippen LogP contribution in [-0.4, -0.2) is 17.1 Å². The van der Waals surface area contributed by atoms with Crippen molar-refractivity contribution in [2.75, 3.05) is 10.6 Å². The number of carboxylic acids is 1. The Bertz CT molecular complexity index is 733. The van der Waals surface area contributed by atoms with E-state index in [9.17, 15) is 18.4 Å². The van der Waals surface area contributed by atoms with E-state index in [-0.39, 0.29) is 16.9 Å². The summed E-state index contributed by atoms with van der Waals surface area (Å²) in [6.45, 7) is 0. The van der Waals surface area contributed by atoms with E-state index >= 15 is 0 Å². The van der Waals surface area contributed by atoms with Crippen LogP contribution in [0.3, 0.4) is 0 Å². The van der Waals surface area contributed by atoms with Crippen molar-refractivity contribution in [3.05, 3.63) is 58.1 Å². The van der Waals surface area contributed by atoms with Crippen molar-refractivity contribution in [3.63, 3.8) is 0 Å². The molecule has 0 bridgehead atoms. The number of hydrogen-bond acceptors (Lipinski definition) is 2. The monoisotopic (exact) mass is 370 g/mol. The molecular weight excluding hydrogens is 362 g/mol. The highest BCUT2D eigenvalue weighted by Crippen LogP contribution is 2.21. The van der Waals surface area contributed by atoms with E-state index in [1.807, 2.05) is 0 Å². The number of hydrogen-bond donors (Lipinski definition) is 3. The van der Waals surface area contributed by atoms with Crippen LogP contribution >= 0.6 is 15.9 Å². The van der Waals surface area contributed by atoms with Crippen LogP contribution < -0.4 is 10.6 Å². The third-order valence-corrected chi connectivity index (χ3v) is 3.07. The molecule has 0 spiro atoms. The predicted molar refractivity (Wildman–Crippen MR) is 80.1 cm³/mol. The van der Waals surface area contributed by atoms with Gasteiger partial charge in [-0.2, -0.15) is 0 Å². The largest absolute Gasteiger partial charge is 0.478 e. The smallest absolute Gasteiger partial charge is 0.337 e. The number of carbonyl (C=O) groups is 2. The van der Waals surface area contributed by atoms with Gasteiger partial charge in [-0.1, -0.05) is 15.9 Å². The molecule has 22 heavy (non-hydrogen) atoms. The molecule has 0 aliphatic rings. The molecule has 0 aromatic heterocycles. The number of urea groups is 1. The van der Waals surface area contributed by atoms with E-state index in [0.717, 1.165) is 12.1 Å². The van der Waals surface area contributed by atoms with Gasteiger partial charge < -0.3 is 15.7 Å². The molecule has 0 radical (unpaired) electrons. The van der Waals surface area contributed by atoms with Gasteiger partial charge in [-0.05, 0) is 30.3 Å². The second-order valence-electron chi connectivity index (χ2n) is 4.23. The van der Waals surface area contributed by atoms with Gasteiger partial charge in [-0.25, -0.2) is 18.4 Å². The highest BCUT2D eigenvalue weighted by atomic mass is 79.9. The molecule has 3 N–H and O–H groups in total. The van der Waals surface area contributed by atoms with Crippen molar-refractivity contribution < 1.29 is 23.5 Å². The summed E-state index contributed by atoms with van der Waals surface area (Å²) >= 11 is 3.13. The zero-order chi connectivity index (χ0) is 16.3. The van der Waals surface area contributed by atoms with Gasteiger partial charge in [0.1, 0.15) is 11.6 Å². The zero-order valence-corrected chi connectivity index (χ0v) is 12.4. The summed E-state index contributed by atoms with van der Waals surface area (Å²) in [5.41, 5.74) is -0.177. The summed E-state index contributed by atoms with van der Waals surface area (Å²) < 4.78 is 26.6. The first kappa shape index (κ1) is 15.9. The first-order chi connectivity index (χ1) is 10.3. The maximum absolute atomic E-state index is 13.0. The van der Waals surface area contributed by atoms with Gasteiger partial charge in [0, 0.05) is 16.2 Å². The minimum Gasteiger partial charge on any atom is -0.478 e. The quantitative estimate of drug-likeness (QED) is 0.761. The Labute approximate surface area is 132 Å². The van der Waals surface area contributed by atoms with Crippen LogP contribution in [0.4, 0.5) is 25.0 Å². The van der Waals surface area contributed by atoms with Crippen molar-refractivity contribution in [3.8, 4) is 0 Å². The number of carbonyl (C=O) groups excluding carboxylic acids is 1. The lowest BCUT2D eigenvalue weighted by molar-refractivity contribution is 0.0698. The van der Waals surface area contributed by atoms with Crippen molar-refractivity contribution >= 4 is 39.3 Å². The van der Waals surface area contributed by atoms with Crippen LogP contribution in [0, 0.1) is 11.6 Å². The molecule has 0 fully saturated rings. The minimum atomic E-state index is -1.23. The van der Waals surface area contributed by atoms with Crippen molar-refractivity contribution in [1.29, 1.82) is 0 Å². The van der Waals surface area contributed by atoms with Crippen molar-refractivity contribution in [2.45, 2.75) is 0 Å². The SMILES string of the molecule is O=C(Nc1cc(F)cc(F)c1)Nc1ccc(Br)cc1C(=O)O. The van der Waals surface area contributed by atoms with E-state index < -0.39 is 23.6 Å². The van der Waals surface area contributed by atoms with Gasteiger partial charge >= 0.3 is 12.0 Å². The molecular formula is C14H9BrF2N2O3. The molecule has 0 aliphatic carbocycles. The summed E-state index contributed by atoms with van der Waals surface area (Å²) in [5, 5.41) is 13.6. The van der Waals surface area contributed by atoms with Crippen LogP contribution in [0.15, 0.2) is 40.9 Å². The fourth-order valence-electron chi connectivity index (χ4n) is 1.71. The molecule has 0 unspecified atom stereocenters. The van der Waals surface area contributed by atoms with Gasteiger partial charge in [-0.3, -0.25) is 0 Å². The first-order valence-corrected chi connectivity index (χ1v) is 6.71. The lowest BCUT2D eigenvalue weighted by Crippen LogP contribution is -2.21. The number of amides is 2. The van der Waals surface area contributed by atoms with Crippen LogP contribution in [-0.2, 0) is 0 Å². The number of carboxylic acid groups (broad SMARTS) is 1. The third kappa shape index (κ3) is 4.01. The Kier molecular flexibility index (Phi) is 4.71. The molecule has 2 rings (SSSR count). The molecule has 0 aliphatic heterocycles. The molecule has 2 aromatic rings. The van der Waals surface area contributed by atoms with E-state index in [2.05, 4.69) is 26.6 Å². The van der Waals surface area contributed by atoms with E-state index in [1.165, 1.54) is 12.1 Å². The number of nitrogens with one attached hydrogen (secondary N) is 2. The number of aromatic carboxylic acids is 1. The maximum Gasteiger partial charge on any atom is 0.337 e. The minimum absolute atomic E-state index is 0.0464. The second kappa shape index (κ2) is 6.52. The molecule has 0 saturated heterocycles. The van der Waals surface area contributed by atoms with Crippen LogP contribution in [0.5, 0.6) is 0 Å². The van der Waals surface area contributed by atoms with Gasteiger partial charge in [-0.15, -0.1) is 0 Å². The number of rotatable bonds is 3. The Morgan fingerprint density at radius 2 is 1.64 bits per heavy atom. The zero-order valence-electron chi connectivity index (χ0n) is 10.9. The highest BCUT2D eigenvalue weighted by molar-refractivity contribution is 9.10. The van der Waals surface area contributed by atoms with E-state index in [1.54, 1.807) is 6.07 Å². The van der Waals surface area contributed by atoms with Gasteiger partial charge in [0.2, 0.25) is 0 Å². The number of halogens is 3. The van der Waals surface area contributed by atoms with E-state index in [4.69, 9.17) is 5.11 Å². The van der Waals surface area contributed by atoms with Gasteiger partial charge in [0.15, 0.2) is 0 Å². The summed E-state index contributed by atoms with van der Waals surface area (Å²) in [4.78, 5) is 22.9. The molecule has 8 heteroatoms. The Morgan fingerprint density at radius 1 is 1.00 bits per heavy atom. The predicted octanol–water partition coefficient (Wildman–Crippen LogP) is 4.07. The van der Waals surface area contributed by atoms with Crippen molar-refractivity contribution in [1.82, 2.24) is 0 Å². The van der Waals surface area contributed by atoms with Gasteiger partial charge in [0.05, 0.1) is 11.3 Å². The average molecular weight is 371 g/mol. The molecule has 2 aromatic carbocycles. The highest BCUT2D eigenvalue weighted by Gasteiger charge is 2.13. The molecule has 2 amide bonds.